The van der Waals surface area contributed by atoms with Gasteiger partial charge < -0.3 is 0 Å². The molecule has 0 saturated carbocycles. The third-order valence-electron chi connectivity index (χ3n) is 2.51. The van der Waals surface area contributed by atoms with Crippen LogP contribution in [0.1, 0.15) is 19.4 Å². The molecule has 1 nitrogen and oxygen atoms in total. The molecule has 1 heteroatoms. The molecule has 1 aromatic rings. The van der Waals surface area contributed by atoms with Crippen molar-refractivity contribution in [2.24, 2.45) is 0 Å². The molecule has 0 spiro atoms. The van der Waals surface area contributed by atoms with Gasteiger partial charge in [-0.25, -0.2) is 0 Å². The van der Waals surface area contributed by atoms with Gasteiger partial charge in [-0.15, -0.1) is 12.1 Å². The smallest absolute Gasteiger partial charge is 0.147 e. The Kier molecular flexibility index (Phi) is 2.15. The molecule has 1 aromatic carbocycles. The maximum absolute atomic E-state index is 7.32. The lowest BCUT2D eigenvalue weighted by atomic mass is 9.98. The molecule has 0 bridgehead atoms. The average molecular weight is 198 g/mol. The second kappa shape index (κ2) is 3.77. The minimum absolute atomic E-state index is 0.295. The van der Waals surface area contributed by atoms with Crippen molar-refractivity contribution in [1.82, 2.24) is 0 Å². The summed E-state index contributed by atoms with van der Waals surface area (Å²) in [5.41, 5.74) is 3.40. The molecule has 0 aliphatic carbocycles. The third kappa shape index (κ3) is 1.86. The van der Waals surface area contributed by atoms with Crippen molar-refractivity contribution in [3.63, 3.8) is 0 Å². The molecule has 76 valence electrons. The van der Waals surface area contributed by atoms with Crippen molar-refractivity contribution in [2.75, 3.05) is 0 Å². The monoisotopic (exact) mass is 198 g/mol. The normalized spacial score (nSPS) is 16.3. The summed E-state index contributed by atoms with van der Waals surface area (Å²) in [6, 6.07) is 9.32. The summed E-state index contributed by atoms with van der Waals surface area (Å²) in [5.74, 6) is 0. The van der Waals surface area contributed by atoms with Gasteiger partial charge in [-0.05, 0) is 24.1 Å². The molecule has 0 radical (unpaired) electrons. The minimum atomic E-state index is 0.295. The summed E-state index contributed by atoms with van der Waals surface area (Å²) in [7, 11) is 0. The van der Waals surface area contributed by atoms with Crippen molar-refractivity contribution in [1.29, 1.82) is 0 Å². The van der Waals surface area contributed by atoms with E-state index in [1.54, 1.807) is 0 Å². The van der Waals surface area contributed by atoms with Crippen LogP contribution in [0.15, 0.2) is 48.2 Å². The first-order valence-electron chi connectivity index (χ1n) is 5.64. The van der Waals surface area contributed by atoms with Gasteiger partial charge in [-0.3, -0.25) is 4.58 Å². The molecule has 0 amide bonds. The van der Waals surface area contributed by atoms with E-state index >= 15 is 0 Å². The first-order chi connectivity index (χ1) is 7.72. The highest BCUT2D eigenvalue weighted by atomic mass is 15.0. The second-order valence-electron chi connectivity index (χ2n) is 3.71. The SMILES string of the molecule is [2H]CC1=C[N+](=C)[C-](c2ccccc2C)C=C1. The van der Waals surface area contributed by atoms with Gasteiger partial charge in [0.05, 0.1) is 6.72 Å². The zero-order valence-electron chi connectivity index (χ0n) is 9.90. The van der Waals surface area contributed by atoms with Gasteiger partial charge in [0.1, 0.15) is 12.2 Å². The number of hydrogen-bond donors (Lipinski definition) is 0. The number of nitrogens with zero attached hydrogens (tertiary/aromatic N) is 1. The number of allylic oxidation sites excluding steroid dienone is 2. The fourth-order valence-corrected chi connectivity index (χ4v) is 1.70. The van der Waals surface area contributed by atoms with Gasteiger partial charge >= 0.3 is 0 Å². The fourth-order valence-electron chi connectivity index (χ4n) is 1.70. The first-order valence-corrected chi connectivity index (χ1v) is 4.93. The Hall–Kier alpha value is -1.76. The Bertz CT molecular complexity index is 471. The summed E-state index contributed by atoms with van der Waals surface area (Å²) in [6.45, 7) is 6.37. The predicted molar refractivity (Wildman–Crippen MR) is 63.8 cm³/mol. The van der Waals surface area contributed by atoms with Crippen LogP contribution < -0.4 is 0 Å². The van der Waals surface area contributed by atoms with Crippen molar-refractivity contribution in [3.05, 3.63) is 65.4 Å². The molecular weight excluding hydrogens is 182 g/mol. The highest BCUT2D eigenvalue weighted by Crippen LogP contribution is 2.24. The summed E-state index contributed by atoms with van der Waals surface area (Å²) < 4.78 is 9.16. The van der Waals surface area contributed by atoms with E-state index in [-0.39, 0.29) is 0 Å². The van der Waals surface area contributed by atoms with Crippen molar-refractivity contribution in [3.8, 4) is 0 Å². The van der Waals surface area contributed by atoms with Crippen LogP contribution in [-0.4, -0.2) is 11.3 Å². The van der Waals surface area contributed by atoms with Crippen molar-refractivity contribution >= 4 is 6.72 Å². The number of rotatable bonds is 1. The Balaban J connectivity index is 2.33. The third-order valence-corrected chi connectivity index (χ3v) is 2.51. The molecule has 1 aliphatic rings. The topological polar surface area (TPSA) is 3.01 Å². The zero-order chi connectivity index (χ0) is 11.5. The minimum Gasteiger partial charge on any atom is -0.255 e. The lowest BCUT2D eigenvalue weighted by molar-refractivity contribution is -0.418. The number of aryl methyl sites for hydroxylation is 1. The maximum Gasteiger partial charge on any atom is 0.147 e. The number of hydrogen-bond acceptors (Lipinski definition) is 0. The van der Waals surface area contributed by atoms with E-state index in [2.05, 4.69) is 25.8 Å². The zero-order valence-corrected chi connectivity index (χ0v) is 8.90. The van der Waals surface area contributed by atoms with Crippen molar-refractivity contribution < 1.29 is 5.95 Å². The van der Waals surface area contributed by atoms with E-state index in [1.165, 1.54) is 11.1 Å². The molecule has 0 N–H and O–H groups in total. The van der Waals surface area contributed by atoms with Gasteiger partial charge in [0, 0.05) is 1.37 Å². The van der Waals surface area contributed by atoms with Crippen LogP contribution in [0.2, 0.25) is 0 Å². The first kappa shape index (κ1) is 8.54. The highest BCUT2D eigenvalue weighted by molar-refractivity contribution is 5.43. The Morgan fingerprint density at radius 2 is 2.20 bits per heavy atom. The predicted octanol–water partition coefficient (Wildman–Crippen LogP) is 3.06. The molecule has 0 aromatic heterocycles. The van der Waals surface area contributed by atoms with Crippen LogP contribution in [0.4, 0.5) is 0 Å². The summed E-state index contributed by atoms with van der Waals surface area (Å²) in [5, 5.41) is 0. The summed E-state index contributed by atoms with van der Waals surface area (Å²) in [6.07, 6.45) is 5.92. The second-order valence-corrected chi connectivity index (χ2v) is 3.71. The standard InChI is InChI=1S/C14H15N/c1-11-8-9-14(15(3)10-11)13-7-5-4-6-12(13)2/h4-10H,3H2,1-2H3/i1D. The van der Waals surface area contributed by atoms with Gasteiger partial charge in [0.15, 0.2) is 0 Å². The summed E-state index contributed by atoms with van der Waals surface area (Å²) >= 11 is 0. The molecule has 0 unspecified atom stereocenters. The number of benzene rings is 1. The van der Waals surface area contributed by atoms with Crippen LogP contribution in [0.3, 0.4) is 0 Å². The van der Waals surface area contributed by atoms with E-state index in [1.807, 2.05) is 35.1 Å². The van der Waals surface area contributed by atoms with Crippen molar-refractivity contribution in [2.45, 2.75) is 13.8 Å². The Labute approximate surface area is 92.5 Å². The van der Waals surface area contributed by atoms with Crippen LogP contribution in [0.5, 0.6) is 0 Å². The summed E-state index contributed by atoms with van der Waals surface area (Å²) in [4.78, 5) is 0. The Morgan fingerprint density at radius 3 is 2.87 bits per heavy atom. The van der Waals surface area contributed by atoms with Gasteiger partial charge in [-0.1, -0.05) is 30.7 Å². The maximum atomic E-state index is 7.32. The van der Waals surface area contributed by atoms with Crippen LogP contribution >= 0.6 is 0 Å². The Morgan fingerprint density at radius 1 is 1.40 bits per heavy atom. The lowest BCUT2D eigenvalue weighted by Crippen LogP contribution is -2.15. The lowest BCUT2D eigenvalue weighted by Gasteiger charge is -2.19. The van der Waals surface area contributed by atoms with Gasteiger partial charge in [0.25, 0.3) is 0 Å². The molecule has 0 atom stereocenters. The quantitative estimate of drug-likeness (QED) is 0.482. The largest absolute Gasteiger partial charge is 0.255 e. The molecule has 1 heterocycles. The van der Waals surface area contributed by atoms with Gasteiger partial charge in [-0.2, -0.15) is 0 Å². The molecule has 15 heavy (non-hydrogen) atoms. The molecule has 0 fully saturated rings. The molecule has 0 saturated heterocycles. The highest BCUT2D eigenvalue weighted by Gasteiger charge is 2.16. The van der Waals surface area contributed by atoms with Crippen LogP contribution in [-0.2, 0) is 0 Å². The molecule has 1 aliphatic heterocycles. The van der Waals surface area contributed by atoms with E-state index in [0.717, 1.165) is 11.6 Å². The van der Waals surface area contributed by atoms with Crippen LogP contribution in [0.25, 0.3) is 0 Å². The fraction of sp³-hybridized carbons (Fsp3) is 0.143. The van der Waals surface area contributed by atoms with E-state index in [4.69, 9.17) is 1.37 Å². The van der Waals surface area contributed by atoms with E-state index < -0.39 is 0 Å². The van der Waals surface area contributed by atoms with Crippen LogP contribution in [0, 0.1) is 13.0 Å². The molecular formula is C14H15N. The van der Waals surface area contributed by atoms with E-state index in [0.29, 0.717) is 6.90 Å². The van der Waals surface area contributed by atoms with Gasteiger partial charge in [0.2, 0.25) is 0 Å². The average Bonchev–Trinajstić information content (AvgIpc) is 2.30. The molecule has 2 rings (SSSR count). The van der Waals surface area contributed by atoms with E-state index in [9.17, 15) is 0 Å².